The molecule has 2 aliphatic heterocycles. The molecule has 1 N–H and O–H groups in total. The Morgan fingerprint density at radius 1 is 1.00 bits per heavy atom. The van der Waals surface area contributed by atoms with Gasteiger partial charge in [0.05, 0.1) is 0 Å². The van der Waals surface area contributed by atoms with Gasteiger partial charge in [-0.1, -0.05) is 0 Å². The van der Waals surface area contributed by atoms with E-state index in [9.17, 15) is 0 Å². The minimum atomic E-state index is 0.888. The van der Waals surface area contributed by atoms with Crippen LogP contribution in [-0.4, -0.2) is 48.6 Å². The summed E-state index contributed by atoms with van der Waals surface area (Å²) in [6.07, 6.45) is 7.21. The van der Waals surface area contributed by atoms with Gasteiger partial charge in [-0.05, 0) is 68.5 Å². The lowest BCUT2D eigenvalue weighted by atomic mass is 10.0. The first-order valence-corrected chi connectivity index (χ1v) is 8.59. The predicted molar refractivity (Wildman–Crippen MR) is 75.6 cm³/mol. The van der Waals surface area contributed by atoms with Crippen molar-refractivity contribution in [2.45, 2.75) is 38.1 Å². The quantitative estimate of drug-likeness (QED) is 0.810. The Morgan fingerprint density at radius 2 is 1.82 bits per heavy atom. The van der Waals surface area contributed by atoms with E-state index in [1.807, 2.05) is 0 Å². The fourth-order valence-corrected chi connectivity index (χ4v) is 4.36. The lowest BCUT2D eigenvalue weighted by Crippen LogP contribution is -2.31. The third-order valence-electron chi connectivity index (χ3n) is 4.50. The first-order chi connectivity index (χ1) is 8.40. The van der Waals surface area contributed by atoms with Crippen LogP contribution >= 0.6 is 11.8 Å². The molecule has 1 atom stereocenters. The maximum absolute atomic E-state index is 3.69. The summed E-state index contributed by atoms with van der Waals surface area (Å²) in [6, 6.07) is 0.888. The van der Waals surface area contributed by atoms with Crippen molar-refractivity contribution in [3.63, 3.8) is 0 Å². The molecular formula is C14H26N2S. The molecule has 2 heterocycles. The summed E-state index contributed by atoms with van der Waals surface area (Å²) in [5.74, 6) is 4.76. The van der Waals surface area contributed by atoms with E-state index in [-0.39, 0.29) is 0 Å². The maximum Gasteiger partial charge on any atom is 0.00683 e. The lowest BCUT2D eigenvalue weighted by molar-refractivity contribution is 0.258. The molecule has 3 aliphatic rings. The second kappa shape index (κ2) is 5.94. The highest BCUT2D eigenvalue weighted by Crippen LogP contribution is 2.26. The number of nitrogens with zero attached hydrogens (tertiary/aromatic N) is 1. The van der Waals surface area contributed by atoms with Gasteiger partial charge < -0.3 is 10.2 Å². The molecule has 2 saturated heterocycles. The maximum atomic E-state index is 3.69. The Hall–Kier alpha value is 0.270. The Bertz CT molecular complexity index is 236. The summed E-state index contributed by atoms with van der Waals surface area (Å²) < 4.78 is 0. The standard InChI is InChI=1S/C14H26N2S/c1-2-14(1)15-9-13-3-6-16(11-13)10-12-4-7-17-8-5-12/h12-15H,1-11H2. The van der Waals surface area contributed by atoms with Gasteiger partial charge in [-0.15, -0.1) is 0 Å². The van der Waals surface area contributed by atoms with Crippen molar-refractivity contribution in [2.24, 2.45) is 11.8 Å². The van der Waals surface area contributed by atoms with Gasteiger partial charge in [-0.25, -0.2) is 0 Å². The van der Waals surface area contributed by atoms with E-state index in [2.05, 4.69) is 22.0 Å². The van der Waals surface area contributed by atoms with Crippen LogP contribution in [0.15, 0.2) is 0 Å². The van der Waals surface area contributed by atoms with Gasteiger partial charge in [0.25, 0.3) is 0 Å². The molecule has 0 spiro atoms. The smallest absolute Gasteiger partial charge is 0.00683 e. The van der Waals surface area contributed by atoms with Crippen molar-refractivity contribution < 1.29 is 0 Å². The molecule has 1 aliphatic carbocycles. The van der Waals surface area contributed by atoms with Crippen molar-refractivity contribution in [1.82, 2.24) is 10.2 Å². The van der Waals surface area contributed by atoms with Crippen LogP contribution in [0.4, 0.5) is 0 Å². The average molecular weight is 254 g/mol. The highest BCUT2D eigenvalue weighted by atomic mass is 32.2. The summed E-state index contributed by atoms with van der Waals surface area (Å²) >= 11 is 2.15. The molecule has 3 fully saturated rings. The van der Waals surface area contributed by atoms with E-state index < -0.39 is 0 Å². The Morgan fingerprint density at radius 3 is 2.59 bits per heavy atom. The summed E-state index contributed by atoms with van der Waals surface area (Å²) in [4.78, 5) is 2.74. The zero-order valence-corrected chi connectivity index (χ0v) is 11.7. The zero-order valence-electron chi connectivity index (χ0n) is 10.9. The monoisotopic (exact) mass is 254 g/mol. The average Bonchev–Trinajstić information content (AvgIpc) is 3.09. The number of likely N-dealkylation sites (tertiary alicyclic amines) is 1. The van der Waals surface area contributed by atoms with E-state index in [0.29, 0.717) is 0 Å². The molecule has 0 aromatic heterocycles. The molecule has 0 amide bonds. The van der Waals surface area contributed by atoms with Crippen molar-refractivity contribution in [2.75, 3.05) is 37.7 Å². The van der Waals surface area contributed by atoms with Gasteiger partial charge >= 0.3 is 0 Å². The molecule has 1 unspecified atom stereocenters. The molecule has 2 nitrogen and oxygen atoms in total. The molecule has 17 heavy (non-hydrogen) atoms. The fourth-order valence-electron chi connectivity index (χ4n) is 3.16. The van der Waals surface area contributed by atoms with Crippen LogP contribution in [-0.2, 0) is 0 Å². The fraction of sp³-hybridized carbons (Fsp3) is 1.00. The predicted octanol–water partition coefficient (Wildman–Crippen LogP) is 2.20. The minimum Gasteiger partial charge on any atom is -0.314 e. The molecule has 98 valence electrons. The zero-order chi connectivity index (χ0) is 11.5. The van der Waals surface area contributed by atoms with Gasteiger partial charge in [-0.2, -0.15) is 11.8 Å². The van der Waals surface area contributed by atoms with Gasteiger partial charge in [0.15, 0.2) is 0 Å². The van der Waals surface area contributed by atoms with Gasteiger partial charge in [0, 0.05) is 19.1 Å². The van der Waals surface area contributed by atoms with Crippen molar-refractivity contribution in [1.29, 1.82) is 0 Å². The van der Waals surface area contributed by atoms with Crippen molar-refractivity contribution in [3.8, 4) is 0 Å². The first kappa shape index (κ1) is 12.3. The number of nitrogens with one attached hydrogen (secondary N) is 1. The summed E-state index contributed by atoms with van der Waals surface area (Å²) in [5, 5.41) is 3.69. The van der Waals surface area contributed by atoms with Crippen LogP contribution in [0.25, 0.3) is 0 Å². The second-order valence-electron chi connectivity index (χ2n) is 6.15. The van der Waals surface area contributed by atoms with E-state index in [0.717, 1.165) is 17.9 Å². The van der Waals surface area contributed by atoms with Crippen LogP contribution < -0.4 is 5.32 Å². The van der Waals surface area contributed by atoms with E-state index in [1.165, 1.54) is 69.8 Å². The number of hydrogen-bond donors (Lipinski definition) is 1. The third-order valence-corrected chi connectivity index (χ3v) is 5.55. The van der Waals surface area contributed by atoms with Crippen LogP contribution in [0.2, 0.25) is 0 Å². The number of thioether (sulfide) groups is 1. The minimum absolute atomic E-state index is 0.888. The molecule has 0 bridgehead atoms. The summed E-state index contributed by atoms with van der Waals surface area (Å²) in [6.45, 7) is 5.40. The van der Waals surface area contributed by atoms with Gasteiger partial charge in [-0.3, -0.25) is 0 Å². The Balaban J connectivity index is 1.34. The third kappa shape index (κ3) is 3.87. The molecule has 0 aromatic rings. The molecule has 1 saturated carbocycles. The van der Waals surface area contributed by atoms with E-state index >= 15 is 0 Å². The van der Waals surface area contributed by atoms with Crippen LogP contribution in [0.1, 0.15) is 32.1 Å². The Kier molecular flexibility index (Phi) is 4.30. The molecular weight excluding hydrogens is 228 g/mol. The molecule has 0 aromatic carbocycles. The first-order valence-electron chi connectivity index (χ1n) is 7.43. The van der Waals surface area contributed by atoms with E-state index in [4.69, 9.17) is 0 Å². The number of rotatable bonds is 5. The number of hydrogen-bond acceptors (Lipinski definition) is 3. The van der Waals surface area contributed by atoms with Crippen LogP contribution in [0, 0.1) is 11.8 Å². The normalized spacial score (nSPS) is 32.1. The SMILES string of the molecule is C1CC(CN2CCC(CNC3CC3)C2)CCS1. The molecule has 3 rings (SSSR count). The van der Waals surface area contributed by atoms with Crippen LogP contribution in [0.3, 0.4) is 0 Å². The topological polar surface area (TPSA) is 15.3 Å². The van der Waals surface area contributed by atoms with Crippen LogP contribution in [0.5, 0.6) is 0 Å². The highest BCUT2D eigenvalue weighted by Gasteiger charge is 2.27. The highest BCUT2D eigenvalue weighted by molar-refractivity contribution is 7.99. The van der Waals surface area contributed by atoms with E-state index in [1.54, 1.807) is 0 Å². The summed E-state index contributed by atoms with van der Waals surface area (Å²) in [7, 11) is 0. The summed E-state index contributed by atoms with van der Waals surface area (Å²) in [5.41, 5.74) is 0. The van der Waals surface area contributed by atoms with Crippen molar-refractivity contribution >= 4 is 11.8 Å². The molecule has 0 radical (unpaired) electrons. The lowest BCUT2D eigenvalue weighted by Gasteiger charge is -2.26. The second-order valence-corrected chi connectivity index (χ2v) is 7.38. The van der Waals surface area contributed by atoms with Gasteiger partial charge in [0.2, 0.25) is 0 Å². The Labute approximate surface area is 110 Å². The van der Waals surface area contributed by atoms with Gasteiger partial charge in [0.1, 0.15) is 0 Å². The molecule has 3 heteroatoms. The van der Waals surface area contributed by atoms with Crippen molar-refractivity contribution in [3.05, 3.63) is 0 Å². The largest absolute Gasteiger partial charge is 0.314 e.